The Balaban J connectivity index is 1.43. The van der Waals surface area contributed by atoms with Crippen LogP contribution >= 0.6 is 11.6 Å². The molecule has 0 aliphatic carbocycles. The SMILES string of the molecule is CN(C)CCCN1CCN(c2nc(NCc3cncc(Cl)c3)c3cc(-c4ccc(=O)n(C)c4)ccc3n2)CC1. The van der Waals surface area contributed by atoms with E-state index < -0.39 is 0 Å². The van der Waals surface area contributed by atoms with Gasteiger partial charge in [-0.05, 0) is 74.6 Å². The highest BCUT2D eigenvalue weighted by Crippen LogP contribution is 2.29. The molecule has 3 aromatic heterocycles. The van der Waals surface area contributed by atoms with Crippen LogP contribution in [0.4, 0.5) is 11.8 Å². The van der Waals surface area contributed by atoms with Crippen LogP contribution in [0.5, 0.6) is 0 Å². The summed E-state index contributed by atoms with van der Waals surface area (Å²) >= 11 is 6.17. The monoisotopic (exact) mass is 546 g/mol. The number of piperazine rings is 1. The molecule has 1 aliphatic heterocycles. The smallest absolute Gasteiger partial charge is 0.250 e. The van der Waals surface area contributed by atoms with Crippen LogP contribution in [0.3, 0.4) is 0 Å². The third-order valence-electron chi connectivity index (χ3n) is 7.06. The van der Waals surface area contributed by atoms with Gasteiger partial charge in [-0.3, -0.25) is 14.7 Å². The van der Waals surface area contributed by atoms with Gasteiger partial charge in [0.1, 0.15) is 5.82 Å². The Morgan fingerprint density at radius 2 is 1.79 bits per heavy atom. The van der Waals surface area contributed by atoms with Crippen LogP contribution in [0.2, 0.25) is 5.02 Å². The molecule has 0 saturated carbocycles. The zero-order valence-electron chi connectivity index (χ0n) is 22.8. The second-order valence-corrected chi connectivity index (χ2v) is 10.8. The van der Waals surface area contributed by atoms with E-state index >= 15 is 0 Å². The molecule has 4 heterocycles. The maximum absolute atomic E-state index is 11.9. The highest BCUT2D eigenvalue weighted by Gasteiger charge is 2.20. The van der Waals surface area contributed by atoms with E-state index in [4.69, 9.17) is 21.6 Å². The first-order valence-electron chi connectivity index (χ1n) is 13.3. The van der Waals surface area contributed by atoms with Crippen molar-refractivity contribution in [2.45, 2.75) is 13.0 Å². The molecule has 0 spiro atoms. The lowest BCUT2D eigenvalue weighted by Crippen LogP contribution is -2.47. The molecule has 1 aromatic carbocycles. The lowest BCUT2D eigenvalue weighted by molar-refractivity contribution is 0.241. The molecule has 0 radical (unpaired) electrons. The second-order valence-electron chi connectivity index (χ2n) is 10.3. The van der Waals surface area contributed by atoms with Gasteiger partial charge in [-0.15, -0.1) is 0 Å². The molecule has 39 heavy (non-hydrogen) atoms. The van der Waals surface area contributed by atoms with E-state index in [2.05, 4.69) is 45.2 Å². The summed E-state index contributed by atoms with van der Waals surface area (Å²) in [7, 11) is 6.00. The van der Waals surface area contributed by atoms with Gasteiger partial charge in [0, 0.05) is 69.8 Å². The van der Waals surface area contributed by atoms with Crippen molar-refractivity contribution in [1.82, 2.24) is 29.3 Å². The number of hydrogen-bond donors (Lipinski definition) is 1. The minimum atomic E-state index is -0.0391. The standard InChI is InChI=1S/C29H35ClN8O/c1-35(2)9-4-10-37-11-13-38(14-12-37)29-33-26-7-5-22(23-6-8-27(39)36(3)20-23)16-25(26)28(34-29)32-18-21-15-24(30)19-31-17-21/h5-8,15-17,19-20H,4,9-14,18H2,1-3H3,(H,32,33,34). The van der Waals surface area contributed by atoms with Crippen molar-refractivity contribution >= 4 is 34.3 Å². The van der Waals surface area contributed by atoms with Crippen molar-refractivity contribution < 1.29 is 0 Å². The number of nitrogens with one attached hydrogen (secondary N) is 1. The van der Waals surface area contributed by atoms with E-state index in [1.165, 1.54) is 6.42 Å². The predicted molar refractivity (Wildman–Crippen MR) is 159 cm³/mol. The van der Waals surface area contributed by atoms with Crippen molar-refractivity contribution in [3.8, 4) is 11.1 Å². The van der Waals surface area contributed by atoms with E-state index in [1.54, 1.807) is 30.1 Å². The maximum Gasteiger partial charge on any atom is 0.250 e. The second kappa shape index (κ2) is 12.1. The van der Waals surface area contributed by atoms with Crippen molar-refractivity contribution in [3.05, 3.63) is 75.9 Å². The van der Waals surface area contributed by atoms with Crippen LogP contribution in [-0.2, 0) is 13.6 Å². The van der Waals surface area contributed by atoms with Gasteiger partial charge in [0.2, 0.25) is 11.5 Å². The Hall–Kier alpha value is -3.53. The lowest BCUT2D eigenvalue weighted by atomic mass is 10.0. The fraction of sp³-hybridized carbons (Fsp3) is 0.379. The number of anilines is 2. The van der Waals surface area contributed by atoms with E-state index in [0.717, 1.165) is 78.6 Å². The quantitative estimate of drug-likeness (QED) is 0.340. The number of aryl methyl sites for hydroxylation is 1. The van der Waals surface area contributed by atoms with Crippen molar-refractivity contribution in [3.63, 3.8) is 0 Å². The predicted octanol–water partition coefficient (Wildman–Crippen LogP) is 3.73. The molecule has 10 heteroatoms. The van der Waals surface area contributed by atoms with Gasteiger partial charge in [0.05, 0.1) is 10.5 Å². The van der Waals surface area contributed by atoms with E-state index in [-0.39, 0.29) is 5.56 Å². The first kappa shape index (κ1) is 27.1. The number of halogens is 1. The molecule has 1 N–H and O–H groups in total. The van der Waals surface area contributed by atoms with Crippen molar-refractivity contribution in [2.75, 3.05) is 63.6 Å². The van der Waals surface area contributed by atoms with E-state index in [9.17, 15) is 4.79 Å². The lowest BCUT2D eigenvalue weighted by Gasteiger charge is -2.35. The van der Waals surface area contributed by atoms with E-state index in [1.807, 2.05) is 30.5 Å². The number of hydrogen-bond acceptors (Lipinski definition) is 8. The molecule has 0 atom stereocenters. The highest BCUT2D eigenvalue weighted by atomic mass is 35.5. The number of fused-ring (bicyclic) bond motifs is 1. The summed E-state index contributed by atoms with van der Waals surface area (Å²) in [5.41, 5.74) is 3.75. The zero-order chi connectivity index (χ0) is 27.4. The van der Waals surface area contributed by atoms with Gasteiger partial charge < -0.3 is 19.7 Å². The van der Waals surface area contributed by atoms with Gasteiger partial charge in [-0.1, -0.05) is 17.7 Å². The van der Waals surface area contributed by atoms with Gasteiger partial charge in [0.25, 0.3) is 0 Å². The topological polar surface area (TPSA) is 82.4 Å². The Kier molecular flexibility index (Phi) is 8.40. The molecule has 204 valence electrons. The minimum Gasteiger partial charge on any atom is -0.365 e. The van der Waals surface area contributed by atoms with Crippen LogP contribution < -0.4 is 15.8 Å². The number of aromatic nitrogens is 4. The number of nitrogens with zero attached hydrogens (tertiary/aromatic N) is 7. The summed E-state index contributed by atoms with van der Waals surface area (Å²) in [6, 6.07) is 11.5. The summed E-state index contributed by atoms with van der Waals surface area (Å²) in [5.74, 6) is 1.49. The van der Waals surface area contributed by atoms with Gasteiger partial charge in [-0.2, -0.15) is 4.98 Å². The third kappa shape index (κ3) is 6.73. The fourth-order valence-electron chi connectivity index (χ4n) is 4.86. The Morgan fingerprint density at radius 3 is 2.54 bits per heavy atom. The Bertz CT molecular complexity index is 1500. The summed E-state index contributed by atoms with van der Waals surface area (Å²) in [4.78, 5) is 33.1. The first-order valence-corrected chi connectivity index (χ1v) is 13.7. The van der Waals surface area contributed by atoms with Crippen LogP contribution in [0.15, 0.2) is 59.8 Å². The fourth-order valence-corrected chi connectivity index (χ4v) is 5.05. The summed E-state index contributed by atoms with van der Waals surface area (Å²) in [5, 5.41) is 5.03. The summed E-state index contributed by atoms with van der Waals surface area (Å²) in [6.45, 7) is 6.52. The van der Waals surface area contributed by atoms with Gasteiger partial charge in [0.15, 0.2) is 0 Å². The van der Waals surface area contributed by atoms with Crippen LogP contribution in [0, 0.1) is 0 Å². The molecule has 9 nitrogen and oxygen atoms in total. The normalized spacial score (nSPS) is 14.3. The molecule has 1 fully saturated rings. The molecule has 4 aromatic rings. The molecule has 1 aliphatic rings. The molecule has 1 saturated heterocycles. The van der Waals surface area contributed by atoms with Crippen LogP contribution in [0.25, 0.3) is 22.0 Å². The van der Waals surface area contributed by atoms with Gasteiger partial charge in [-0.25, -0.2) is 4.98 Å². The number of pyridine rings is 2. The molecule has 0 bridgehead atoms. The Labute approximate surface area is 234 Å². The Morgan fingerprint density at radius 1 is 1.00 bits per heavy atom. The summed E-state index contributed by atoms with van der Waals surface area (Å²) < 4.78 is 1.59. The molecular weight excluding hydrogens is 512 g/mol. The number of rotatable bonds is 9. The van der Waals surface area contributed by atoms with Crippen LogP contribution in [-0.4, -0.2) is 82.7 Å². The molecule has 0 unspecified atom stereocenters. The minimum absolute atomic E-state index is 0.0391. The largest absolute Gasteiger partial charge is 0.365 e. The molecule has 5 rings (SSSR count). The highest BCUT2D eigenvalue weighted by molar-refractivity contribution is 6.30. The molecular formula is C29H35ClN8O. The zero-order valence-corrected chi connectivity index (χ0v) is 23.5. The third-order valence-corrected chi connectivity index (χ3v) is 7.27. The van der Waals surface area contributed by atoms with Crippen molar-refractivity contribution in [1.29, 1.82) is 0 Å². The van der Waals surface area contributed by atoms with E-state index in [0.29, 0.717) is 11.6 Å². The average Bonchev–Trinajstić information content (AvgIpc) is 2.93. The van der Waals surface area contributed by atoms with Crippen molar-refractivity contribution in [2.24, 2.45) is 7.05 Å². The first-order chi connectivity index (χ1) is 18.9. The van der Waals surface area contributed by atoms with Gasteiger partial charge >= 0.3 is 0 Å². The summed E-state index contributed by atoms with van der Waals surface area (Å²) in [6.07, 6.45) is 6.45. The average molecular weight is 547 g/mol. The number of benzene rings is 1. The van der Waals surface area contributed by atoms with Crippen LogP contribution in [0.1, 0.15) is 12.0 Å². The molecule has 0 amide bonds. The maximum atomic E-state index is 11.9.